The van der Waals surface area contributed by atoms with Gasteiger partial charge in [0.2, 0.25) is 5.88 Å². The Labute approximate surface area is 165 Å². The Hall–Kier alpha value is -2.83. The van der Waals surface area contributed by atoms with Gasteiger partial charge in [-0.1, -0.05) is 23.2 Å². The first kappa shape index (κ1) is 17.6. The van der Waals surface area contributed by atoms with Gasteiger partial charge >= 0.3 is 0 Å². The van der Waals surface area contributed by atoms with Crippen LogP contribution in [0, 0.1) is 0 Å². The molecule has 8 heteroatoms. The minimum absolute atomic E-state index is 0.412. The maximum absolute atomic E-state index is 6.11. The van der Waals surface area contributed by atoms with Gasteiger partial charge < -0.3 is 9.47 Å². The Morgan fingerprint density at radius 3 is 2.48 bits per heavy atom. The number of nitrogens with zero attached hydrogens (tertiary/aromatic N) is 4. The summed E-state index contributed by atoms with van der Waals surface area (Å²) in [7, 11) is 0. The molecule has 0 aliphatic rings. The molecular formula is C19H14Cl2N4O2. The lowest BCUT2D eigenvalue weighted by Crippen LogP contribution is -1.98. The first-order valence-electron chi connectivity index (χ1n) is 8.20. The van der Waals surface area contributed by atoms with Crippen LogP contribution >= 0.6 is 23.2 Å². The molecule has 0 aliphatic carbocycles. The van der Waals surface area contributed by atoms with E-state index in [1.54, 1.807) is 23.0 Å². The van der Waals surface area contributed by atoms with Gasteiger partial charge in [0.15, 0.2) is 5.65 Å². The molecule has 0 amide bonds. The van der Waals surface area contributed by atoms with Crippen LogP contribution < -0.4 is 9.47 Å². The SMILES string of the molecule is CCOc1ccc(Oc2ncnc3c2cnn3-c2ccc(Cl)c(Cl)c2)cc1. The summed E-state index contributed by atoms with van der Waals surface area (Å²) in [6.07, 6.45) is 3.09. The fourth-order valence-electron chi connectivity index (χ4n) is 2.59. The lowest BCUT2D eigenvalue weighted by molar-refractivity contribution is 0.339. The lowest BCUT2D eigenvalue weighted by Gasteiger charge is -2.08. The molecule has 0 atom stereocenters. The second kappa shape index (κ2) is 7.42. The highest BCUT2D eigenvalue weighted by Gasteiger charge is 2.13. The molecule has 0 fully saturated rings. The molecule has 0 saturated carbocycles. The van der Waals surface area contributed by atoms with Gasteiger partial charge in [-0.05, 0) is 49.4 Å². The topological polar surface area (TPSA) is 62.1 Å². The van der Waals surface area contributed by atoms with E-state index in [1.807, 2.05) is 37.3 Å². The summed E-state index contributed by atoms with van der Waals surface area (Å²) >= 11 is 12.1. The zero-order chi connectivity index (χ0) is 18.8. The third kappa shape index (κ3) is 3.54. The molecule has 0 aliphatic heterocycles. The molecule has 0 bridgehead atoms. The summed E-state index contributed by atoms with van der Waals surface area (Å²) in [5.74, 6) is 1.83. The highest BCUT2D eigenvalue weighted by atomic mass is 35.5. The van der Waals surface area contributed by atoms with Crippen molar-refractivity contribution in [1.82, 2.24) is 19.7 Å². The molecule has 0 N–H and O–H groups in total. The van der Waals surface area contributed by atoms with Crippen molar-refractivity contribution in [2.75, 3.05) is 6.61 Å². The number of rotatable bonds is 5. The van der Waals surface area contributed by atoms with E-state index in [-0.39, 0.29) is 0 Å². The normalized spacial score (nSPS) is 10.9. The van der Waals surface area contributed by atoms with E-state index < -0.39 is 0 Å². The molecule has 2 aromatic heterocycles. The van der Waals surface area contributed by atoms with Crippen LogP contribution in [0.5, 0.6) is 17.4 Å². The first-order valence-corrected chi connectivity index (χ1v) is 8.96. The monoisotopic (exact) mass is 400 g/mol. The predicted molar refractivity (Wildman–Crippen MR) is 104 cm³/mol. The molecule has 0 radical (unpaired) electrons. The smallest absolute Gasteiger partial charge is 0.233 e. The summed E-state index contributed by atoms with van der Waals surface area (Å²) in [5.41, 5.74) is 1.34. The van der Waals surface area contributed by atoms with Crippen molar-refractivity contribution in [3.63, 3.8) is 0 Å². The van der Waals surface area contributed by atoms with Crippen molar-refractivity contribution in [3.05, 3.63) is 65.0 Å². The van der Waals surface area contributed by atoms with Crippen LogP contribution in [0.1, 0.15) is 6.92 Å². The first-order chi connectivity index (χ1) is 13.2. The van der Waals surface area contributed by atoms with Gasteiger partial charge in [0.1, 0.15) is 23.2 Å². The van der Waals surface area contributed by atoms with Crippen LogP contribution in [0.3, 0.4) is 0 Å². The van der Waals surface area contributed by atoms with E-state index in [1.165, 1.54) is 6.33 Å². The number of fused-ring (bicyclic) bond motifs is 1. The number of hydrogen-bond acceptors (Lipinski definition) is 5. The average Bonchev–Trinajstić information content (AvgIpc) is 3.11. The Morgan fingerprint density at radius 1 is 0.963 bits per heavy atom. The van der Waals surface area contributed by atoms with Crippen molar-refractivity contribution >= 4 is 34.2 Å². The maximum Gasteiger partial charge on any atom is 0.233 e. The highest BCUT2D eigenvalue weighted by molar-refractivity contribution is 6.42. The van der Waals surface area contributed by atoms with E-state index in [9.17, 15) is 0 Å². The van der Waals surface area contributed by atoms with Gasteiger partial charge in [0.25, 0.3) is 0 Å². The number of ether oxygens (including phenoxy) is 2. The number of hydrogen-bond donors (Lipinski definition) is 0. The summed E-state index contributed by atoms with van der Waals surface area (Å²) in [4.78, 5) is 8.56. The number of aromatic nitrogens is 4. The van der Waals surface area contributed by atoms with Gasteiger partial charge in [-0.25, -0.2) is 14.6 Å². The molecule has 4 aromatic rings. The molecule has 2 aromatic carbocycles. The summed E-state index contributed by atoms with van der Waals surface area (Å²) in [6.45, 7) is 2.55. The second-order valence-electron chi connectivity index (χ2n) is 5.58. The van der Waals surface area contributed by atoms with Crippen molar-refractivity contribution in [2.45, 2.75) is 6.92 Å². The van der Waals surface area contributed by atoms with Crippen LogP contribution in [0.4, 0.5) is 0 Å². The molecule has 27 heavy (non-hydrogen) atoms. The molecule has 2 heterocycles. The van der Waals surface area contributed by atoms with Crippen LogP contribution in [-0.2, 0) is 0 Å². The average molecular weight is 401 g/mol. The number of halogens is 2. The molecule has 4 rings (SSSR count). The fourth-order valence-corrected chi connectivity index (χ4v) is 2.88. The van der Waals surface area contributed by atoms with Crippen molar-refractivity contribution in [2.24, 2.45) is 0 Å². The van der Waals surface area contributed by atoms with E-state index in [0.717, 1.165) is 11.4 Å². The third-order valence-electron chi connectivity index (χ3n) is 3.83. The quantitative estimate of drug-likeness (QED) is 0.453. The van der Waals surface area contributed by atoms with Gasteiger partial charge in [0, 0.05) is 0 Å². The summed E-state index contributed by atoms with van der Waals surface area (Å²) in [6, 6.07) is 12.6. The van der Waals surface area contributed by atoms with Crippen molar-refractivity contribution < 1.29 is 9.47 Å². The van der Waals surface area contributed by atoms with E-state index >= 15 is 0 Å². The van der Waals surface area contributed by atoms with Crippen molar-refractivity contribution in [1.29, 1.82) is 0 Å². The van der Waals surface area contributed by atoms with E-state index in [0.29, 0.717) is 39.3 Å². The predicted octanol–water partition coefficient (Wildman–Crippen LogP) is 5.31. The zero-order valence-electron chi connectivity index (χ0n) is 14.3. The third-order valence-corrected chi connectivity index (χ3v) is 4.57. The van der Waals surface area contributed by atoms with Gasteiger partial charge in [0.05, 0.1) is 28.5 Å². The van der Waals surface area contributed by atoms with Crippen LogP contribution in [0.15, 0.2) is 55.0 Å². The Kier molecular flexibility index (Phi) is 4.83. The summed E-state index contributed by atoms with van der Waals surface area (Å²) < 4.78 is 13.0. The zero-order valence-corrected chi connectivity index (χ0v) is 15.8. The standard InChI is InChI=1S/C19H14Cl2N4O2/c1-2-26-13-4-6-14(7-5-13)27-19-15-10-24-25(18(15)22-11-23-19)12-3-8-16(20)17(21)9-12/h3-11H,2H2,1H3. The highest BCUT2D eigenvalue weighted by Crippen LogP contribution is 2.30. The Balaban J connectivity index is 1.69. The Morgan fingerprint density at radius 2 is 1.74 bits per heavy atom. The molecule has 0 unspecified atom stereocenters. The minimum atomic E-state index is 0.412. The fraction of sp³-hybridized carbons (Fsp3) is 0.105. The van der Waals surface area contributed by atoms with Gasteiger partial charge in [-0.2, -0.15) is 5.10 Å². The van der Waals surface area contributed by atoms with E-state index in [2.05, 4.69) is 15.1 Å². The lowest BCUT2D eigenvalue weighted by atomic mass is 10.3. The van der Waals surface area contributed by atoms with Crippen LogP contribution in [0.25, 0.3) is 16.7 Å². The molecule has 0 spiro atoms. The minimum Gasteiger partial charge on any atom is -0.494 e. The van der Waals surface area contributed by atoms with Crippen molar-refractivity contribution in [3.8, 4) is 23.1 Å². The molecular weight excluding hydrogens is 387 g/mol. The molecule has 6 nitrogen and oxygen atoms in total. The van der Waals surface area contributed by atoms with Gasteiger partial charge in [-0.15, -0.1) is 0 Å². The van der Waals surface area contributed by atoms with Crippen LogP contribution in [0.2, 0.25) is 10.0 Å². The summed E-state index contributed by atoms with van der Waals surface area (Å²) in [5, 5.41) is 5.99. The molecule has 136 valence electrons. The maximum atomic E-state index is 6.11. The largest absolute Gasteiger partial charge is 0.494 e. The number of benzene rings is 2. The second-order valence-corrected chi connectivity index (χ2v) is 6.39. The molecule has 0 saturated heterocycles. The van der Waals surface area contributed by atoms with Gasteiger partial charge in [-0.3, -0.25) is 0 Å². The van der Waals surface area contributed by atoms with Crippen LogP contribution in [-0.4, -0.2) is 26.4 Å². The Bertz CT molecular complexity index is 1100. The van der Waals surface area contributed by atoms with E-state index in [4.69, 9.17) is 32.7 Å².